The second-order valence-corrected chi connectivity index (χ2v) is 3.47. The van der Waals surface area contributed by atoms with Crippen LogP contribution in [0.15, 0.2) is 18.3 Å². The van der Waals surface area contributed by atoms with E-state index in [0.29, 0.717) is 11.4 Å². The van der Waals surface area contributed by atoms with Gasteiger partial charge in [0.25, 0.3) is 5.91 Å². The van der Waals surface area contributed by atoms with E-state index < -0.39 is 0 Å². The first-order valence-corrected chi connectivity index (χ1v) is 4.78. The number of pyridine rings is 1. The van der Waals surface area contributed by atoms with Gasteiger partial charge in [0, 0.05) is 25.0 Å². The van der Waals surface area contributed by atoms with Crippen LogP contribution in [0.5, 0.6) is 0 Å². The Morgan fingerprint density at radius 2 is 2.14 bits per heavy atom. The average molecular weight is 191 g/mol. The first kappa shape index (κ1) is 8.99. The molecule has 0 spiro atoms. The van der Waals surface area contributed by atoms with Crippen molar-refractivity contribution in [2.45, 2.75) is 12.8 Å². The molecule has 2 heterocycles. The normalized spacial score (nSPS) is 15.9. The van der Waals surface area contributed by atoms with Crippen molar-refractivity contribution in [2.24, 2.45) is 0 Å². The summed E-state index contributed by atoms with van der Waals surface area (Å²) in [5.74, 6) is -0.00481. The van der Waals surface area contributed by atoms with Gasteiger partial charge >= 0.3 is 0 Å². The molecule has 0 unspecified atom stereocenters. The summed E-state index contributed by atoms with van der Waals surface area (Å²) in [5, 5.41) is 0. The molecule has 1 aromatic heterocycles. The van der Waals surface area contributed by atoms with Gasteiger partial charge in [0.15, 0.2) is 0 Å². The Morgan fingerprint density at radius 3 is 2.79 bits per heavy atom. The zero-order valence-electron chi connectivity index (χ0n) is 7.94. The number of amides is 1. The van der Waals surface area contributed by atoms with Crippen molar-refractivity contribution in [3.05, 3.63) is 24.0 Å². The van der Waals surface area contributed by atoms with Gasteiger partial charge in [0.2, 0.25) is 0 Å². The van der Waals surface area contributed by atoms with Crippen molar-refractivity contribution < 1.29 is 4.79 Å². The lowest BCUT2D eigenvalue weighted by atomic mass is 10.3. The van der Waals surface area contributed by atoms with Crippen LogP contribution in [0.1, 0.15) is 23.3 Å². The Kier molecular flexibility index (Phi) is 2.35. The second kappa shape index (κ2) is 3.65. The van der Waals surface area contributed by atoms with Gasteiger partial charge in [-0.15, -0.1) is 0 Å². The summed E-state index contributed by atoms with van der Waals surface area (Å²) in [5.41, 5.74) is 6.62. The number of hydrogen-bond acceptors (Lipinski definition) is 3. The van der Waals surface area contributed by atoms with Crippen LogP contribution in [0.4, 0.5) is 5.69 Å². The largest absolute Gasteiger partial charge is 0.399 e. The summed E-state index contributed by atoms with van der Waals surface area (Å²) in [7, 11) is 0. The number of carbonyl (C=O) groups is 1. The van der Waals surface area contributed by atoms with E-state index in [1.54, 1.807) is 18.3 Å². The monoisotopic (exact) mass is 191 g/mol. The molecule has 4 nitrogen and oxygen atoms in total. The van der Waals surface area contributed by atoms with Crippen LogP contribution >= 0.6 is 0 Å². The third-order valence-corrected chi connectivity index (χ3v) is 2.40. The van der Waals surface area contributed by atoms with Crippen LogP contribution in [0.25, 0.3) is 0 Å². The van der Waals surface area contributed by atoms with Gasteiger partial charge in [-0.25, -0.2) is 0 Å². The minimum absolute atomic E-state index is 0.00481. The van der Waals surface area contributed by atoms with Crippen LogP contribution < -0.4 is 5.73 Å². The van der Waals surface area contributed by atoms with E-state index in [9.17, 15) is 4.79 Å². The highest BCUT2D eigenvalue weighted by Gasteiger charge is 2.20. The molecule has 0 saturated carbocycles. The Bertz CT molecular complexity index is 345. The minimum Gasteiger partial charge on any atom is -0.399 e. The van der Waals surface area contributed by atoms with Crippen molar-refractivity contribution in [3.8, 4) is 0 Å². The number of hydrogen-bond donors (Lipinski definition) is 1. The van der Waals surface area contributed by atoms with Crippen LogP contribution in [0.2, 0.25) is 0 Å². The van der Waals surface area contributed by atoms with Gasteiger partial charge in [0.1, 0.15) is 5.69 Å². The zero-order valence-corrected chi connectivity index (χ0v) is 7.94. The van der Waals surface area contributed by atoms with E-state index in [-0.39, 0.29) is 5.91 Å². The second-order valence-electron chi connectivity index (χ2n) is 3.47. The molecule has 0 bridgehead atoms. The number of rotatable bonds is 1. The summed E-state index contributed by atoms with van der Waals surface area (Å²) < 4.78 is 0. The fourth-order valence-corrected chi connectivity index (χ4v) is 1.65. The molecular weight excluding hydrogens is 178 g/mol. The number of anilines is 1. The van der Waals surface area contributed by atoms with Crippen LogP contribution in [0.3, 0.4) is 0 Å². The molecule has 1 fully saturated rings. The molecule has 0 atom stereocenters. The fourth-order valence-electron chi connectivity index (χ4n) is 1.65. The van der Waals surface area contributed by atoms with Crippen LogP contribution in [-0.4, -0.2) is 28.9 Å². The number of nitrogen functional groups attached to an aromatic ring is 1. The number of carbonyl (C=O) groups excluding carboxylic acids is 1. The predicted octanol–water partition coefficient (Wildman–Crippen LogP) is 0.900. The number of nitrogens with two attached hydrogens (primary N) is 1. The Labute approximate surface area is 82.7 Å². The van der Waals surface area contributed by atoms with Gasteiger partial charge in [-0.1, -0.05) is 0 Å². The number of nitrogens with zero attached hydrogens (tertiary/aromatic N) is 2. The molecule has 0 aromatic carbocycles. The molecule has 4 heteroatoms. The lowest BCUT2D eigenvalue weighted by Crippen LogP contribution is -2.28. The molecule has 1 saturated heterocycles. The zero-order chi connectivity index (χ0) is 9.97. The predicted molar refractivity (Wildman–Crippen MR) is 53.8 cm³/mol. The molecule has 0 radical (unpaired) electrons. The summed E-state index contributed by atoms with van der Waals surface area (Å²) in [4.78, 5) is 17.6. The first-order chi connectivity index (χ1) is 6.77. The van der Waals surface area contributed by atoms with Gasteiger partial charge in [-0.3, -0.25) is 9.78 Å². The van der Waals surface area contributed by atoms with Gasteiger partial charge in [-0.05, 0) is 25.0 Å². The van der Waals surface area contributed by atoms with E-state index in [0.717, 1.165) is 25.9 Å². The van der Waals surface area contributed by atoms with Crippen LogP contribution in [0, 0.1) is 0 Å². The van der Waals surface area contributed by atoms with E-state index >= 15 is 0 Å². The number of likely N-dealkylation sites (tertiary alicyclic amines) is 1. The number of aromatic nitrogens is 1. The SMILES string of the molecule is Nc1ccnc(C(=O)N2CCCC2)c1. The highest BCUT2D eigenvalue weighted by Crippen LogP contribution is 2.12. The highest BCUT2D eigenvalue weighted by molar-refractivity contribution is 5.93. The third kappa shape index (κ3) is 1.69. The Balaban J connectivity index is 2.17. The van der Waals surface area contributed by atoms with E-state index in [1.165, 1.54) is 0 Å². The molecule has 1 aliphatic rings. The van der Waals surface area contributed by atoms with Crippen molar-refractivity contribution in [2.75, 3.05) is 18.8 Å². The highest BCUT2D eigenvalue weighted by atomic mass is 16.2. The average Bonchev–Trinajstić information content (AvgIpc) is 2.69. The van der Waals surface area contributed by atoms with Crippen molar-refractivity contribution >= 4 is 11.6 Å². The molecule has 1 amide bonds. The van der Waals surface area contributed by atoms with E-state index in [1.807, 2.05) is 4.90 Å². The van der Waals surface area contributed by atoms with Crippen molar-refractivity contribution in [1.29, 1.82) is 0 Å². The molecule has 14 heavy (non-hydrogen) atoms. The molecule has 74 valence electrons. The minimum atomic E-state index is -0.00481. The Hall–Kier alpha value is -1.58. The smallest absolute Gasteiger partial charge is 0.272 e. The maximum Gasteiger partial charge on any atom is 0.272 e. The molecular formula is C10H13N3O. The first-order valence-electron chi connectivity index (χ1n) is 4.78. The molecule has 2 N–H and O–H groups in total. The summed E-state index contributed by atoms with van der Waals surface area (Å²) >= 11 is 0. The summed E-state index contributed by atoms with van der Waals surface area (Å²) in [6.45, 7) is 1.69. The fraction of sp³-hybridized carbons (Fsp3) is 0.400. The summed E-state index contributed by atoms with van der Waals surface area (Å²) in [6.07, 6.45) is 3.75. The topological polar surface area (TPSA) is 59.2 Å². The molecule has 2 rings (SSSR count). The molecule has 0 aliphatic carbocycles. The van der Waals surface area contributed by atoms with E-state index in [2.05, 4.69) is 4.98 Å². The maximum absolute atomic E-state index is 11.8. The lowest BCUT2D eigenvalue weighted by molar-refractivity contribution is 0.0787. The third-order valence-electron chi connectivity index (χ3n) is 2.40. The maximum atomic E-state index is 11.8. The van der Waals surface area contributed by atoms with Crippen LogP contribution in [-0.2, 0) is 0 Å². The van der Waals surface area contributed by atoms with Gasteiger partial charge < -0.3 is 10.6 Å². The summed E-state index contributed by atoms with van der Waals surface area (Å²) in [6, 6.07) is 3.31. The quantitative estimate of drug-likeness (QED) is 0.717. The van der Waals surface area contributed by atoms with Gasteiger partial charge in [-0.2, -0.15) is 0 Å². The van der Waals surface area contributed by atoms with E-state index in [4.69, 9.17) is 5.73 Å². The molecule has 1 aromatic rings. The Morgan fingerprint density at radius 1 is 1.43 bits per heavy atom. The van der Waals surface area contributed by atoms with Crippen molar-refractivity contribution in [3.63, 3.8) is 0 Å². The molecule has 1 aliphatic heterocycles. The van der Waals surface area contributed by atoms with Gasteiger partial charge in [0.05, 0.1) is 0 Å². The van der Waals surface area contributed by atoms with Crippen molar-refractivity contribution in [1.82, 2.24) is 9.88 Å². The lowest BCUT2D eigenvalue weighted by Gasteiger charge is -2.14. The standard InChI is InChI=1S/C10H13N3O/c11-8-3-4-12-9(7-8)10(14)13-5-1-2-6-13/h3-4,7H,1-2,5-6H2,(H2,11,12).